The number of nitrogens with one attached hydrogen (secondary N) is 4. The Bertz CT molecular complexity index is 434. The summed E-state index contributed by atoms with van der Waals surface area (Å²) in [6.45, 7) is 2.91. The maximum Gasteiger partial charge on any atom is 0.507 e. The van der Waals surface area contributed by atoms with Crippen LogP contribution in [0.5, 0.6) is 0 Å². The number of ether oxygens (including phenoxy) is 5. The molecule has 0 aliphatic heterocycles. The lowest BCUT2D eigenvalue weighted by Gasteiger charge is -1.91. The van der Waals surface area contributed by atoms with Crippen molar-refractivity contribution in [2.45, 2.75) is 13.8 Å². The van der Waals surface area contributed by atoms with Crippen molar-refractivity contribution < 1.29 is 52.5 Å². The molecule has 16 heteroatoms. The fourth-order valence-corrected chi connectivity index (χ4v) is 0.412. The van der Waals surface area contributed by atoms with Gasteiger partial charge in [0, 0.05) is 42.0 Å². The monoisotopic (exact) mass is 520 g/mol. The number of thioether (sulfide) groups is 1. The number of urea groups is 1. The van der Waals surface area contributed by atoms with Crippen LogP contribution < -0.4 is 21.3 Å². The molecule has 0 bridgehead atoms. The van der Waals surface area contributed by atoms with E-state index in [-0.39, 0.29) is 17.1 Å². The highest BCUT2D eigenvalue weighted by Crippen LogP contribution is 1.88. The zero-order chi connectivity index (χ0) is 28.5. The fourth-order valence-electron chi connectivity index (χ4n) is 0.412. The number of esters is 1. The summed E-state index contributed by atoms with van der Waals surface area (Å²) in [6, 6.07) is -0.157. The average molecular weight is 521 g/mol. The van der Waals surface area contributed by atoms with Crippen LogP contribution in [-0.2, 0) is 33.3 Å². The summed E-state index contributed by atoms with van der Waals surface area (Å²) in [6.07, 6.45) is 0.294. The molecular weight excluding hydrogens is 480 g/mol. The minimum atomic E-state index is -0.657. The zero-order valence-electron chi connectivity index (χ0n) is 21.9. The number of rotatable bonds is 0. The minimum Gasteiger partial charge on any atom is -0.469 e. The molecule has 0 unspecified atom stereocenters. The summed E-state index contributed by atoms with van der Waals surface area (Å²) >= 11 is 1.24. The van der Waals surface area contributed by atoms with Crippen molar-refractivity contribution >= 4 is 47.2 Å². The van der Waals surface area contributed by atoms with Crippen LogP contribution in [0, 0.1) is 0 Å². The summed E-state index contributed by atoms with van der Waals surface area (Å²) in [7, 11) is 12.6. The average Bonchev–Trinajstić information content (AvgIpc) is 2.87. The molecule has 4 amide bonds. The van der Waals surface area contributed by atoms with E-state index in [1.807, 2.05) is 0 Å². The van der Waals surface area contributed by atoms with E-state index in [1.54, 1.807) is 27.3 Å². The Hall–Kier alpha value is -3.43. The van der Waals surface area contributed by atoms with Crippen LogP contribution in [0.3, 0.4) is 0 Å². The zero-order valence-corrected chi connectivity index (χ0v) is 22.7. The molecule has 0 aromatic rings. The molecule has 0 radical (unpaired) electrons. The first-order chi connectivity index (χ1) is 15.8. The van der Waals surface area contributed by atoms with Gasteiger partial charge in [0.05, 0.1) is 35.5 Å². The van der Waals surface area contributed by atoms with Crippen LogP contribution in [-0.4, -0.2) is 105 Å². The molecule has 0 rings (SSSR count). The Labute approximate surface area is 205 Å². The second-order valence-corrected chi connectivity index (χ2v) is 5.35. The van der Waals surface area contributed by atoms with Crippen molar-refractivity contribution in [2.75, 3.05) is 70.0 Å². The van der Waals surface area contributed by atoms with Crippen LogP contribution in [0.2, 0.25) is 0 Å². The molecule has 0 aliphatic carbocycles. The lowest BCUT2D eigenvalue weighted by Crippen LogP contribution is -2.28. The predicted octanol–water partition coefficient (Wildman–Crippen LogP) is 0.964. The van der Waals surface area contributed by atoms with Gasteiger partial charge in [0.2, 0.25) is 0 Å². The third kappa shape index (κ3) is 79.1. The highest BCUT2D eigenvalue weighted by Gasteiger charge is 1.89. The summed E-state index contributed by atoms with van der Waals surface area (Å²) in [4.78, 5) is 58.8. The normalized spacial score (nSPS) is 7.06. The van der Waals surface area contributed by atoms with E-state index in [2.05, 4.69) is 45.0 Å². The Morgan fingerprint density at radius 1 is 0.559 bits per heavy atom. The standard InChI is InChI=1S/C3H8N2O.2C3H7NO2.C3H6O3.C3H6O2.C3H6OS/c1-4-3(6)5-2;2*1-4-3(5)6-2;1-5-3(4)6-2;2*1-3(4)5-2/h1-2H3,(H2,4,5,6);2*1-2H3,(H,4,5);1-2H3;2*1-2H3. The van der Waals surface area contributed by atoms with Crippen molar-refractivity contribution in [3.05, 3.63) is 0 Å². The Balaban J connectivity index is -0.0000000693. The Morgan fingerprint density at radius 2 is 0.824 bits per heavy atom. The van der Waals surface area contributed by atoms with Gasteiger partial charge in [-0.3, -0.25) is 9.59 Å². The predicted molar refractivity (Wildman–Crippen MR) is 128 cm³/mol. The van der Waals surface area contributed by atoms with Crippen molar-refractivity contribution in [1.29, 1.82) is 0 Å². The van der Waals surface area contributed by atoms with Gasteiger partial charge in [-0.1, -0.05) is 11.8 Å². The van der Waals surface area contributed by atoms with E-state index in [0.29, 0.717) is 0 Å². The minimum absolute atomic E-state index is 0.157. The first-order valence-electron chi connectivity index (χ1n) is 8.90. The van der Waals surface area contributed by atoms with Crippen molar-refractivity contribution in [2.24, 2.45) is 0 Å². The highest BCUT2D eigenvalue weighted by molar-refractivity contribution is 8.12. The van der Waals surface area contributed by atoms with E-state index in [4.69, 9.17) is 0 Å². The maximum absolute atomic E-state index is 9.96. The third-order valence-electron chi connectivity index (χ3n) is 2.14. The molecule has 0 aromatic carbocycles. The van der Waals surface area contributed by atoms with Gasteiger partial charge >= 0.3 is 30.3 Å². The van der Waals surface area contributed by atoms with Gasteiger partial charge in [0.1, 0.15) is 0 Å². The number of hydrogen-bond acceptors (Lipinski definition) is 12. The van der Waals surface area contributed by atoms with E-state index in [1.165, 1.54) is 68.3 Å². The lowest BCUT2D eigenvalue weighted by molar-refractivity contribution is -0.137. The quantitative estimate of drug-likeness (QED) is 0.261. The van der Waals surface area contributed by atoms with Crippen LogP contribution in [0.4, 0.5) is 19.2 Å². The van der Waals surface area contributed by atoms with Gasteiger partial charge < -0.3 is 45.0 Å². The number of hydrogen-bond donors (Lipinski definition) is 4. The number of methoxy groups -OCH3 is 5. The largest absolute Gasteiger partial charge is 0.507 e. The molecule has 4 N–H and O–H groups in total. The first-order valence-corrected chi connectivity index (χ1v) is 10.1. The molecule has 0 saturated carbocycles. The molecule has 0 spiro atoms. The van der Waals surface area contributed by atoms with Crippen molar-refractivity contribution in [3.63, 3.8) is 0 Å². The fraction of sp³-hybridized carbons (Fsp3) is 0.667. The second kappa shape index (κ2) is 40.0. The van der Waals surface area contributed by atoms with E-state index >= 15 is 0 Å². The Morgan fingerprint density at radius 3 is 0.824 bits per heavy atom. The third-order valence-corrected chi connectivity index (χ3v) is 2.72. The van der Waals surface area contributed by atoms with Crippen LogP contribution in [0.15, 0.2) is 0 Å². The summed E-state index contributed by atoms with van der Waals surface area (Å²) in [5.41, 5.74) is 0. The lowest BCUT2D eigenvalue weighted by atomic mass is 10.8. The molecule has 0 saturated heterocycles. The number of carbonyl (C=O) groups excluding carboxylic acids is 6. The number of carbonyl (C=O) groups is 6. The summed E-state index contributed by atoms with van der Waals surface area (Å²) in [5, 5.41) is 9.41. The molecule has 0 aromatic heterocycles. The SMILES string of the molecule is CNC(=O)NC.CNC(=O)OC.CNC(=O)OC.COC(=O)OC.COC(C)=O.CSC(C)=O. The molecule has 15 nitrogen and oxygen atoms in total. The summed E-state index contributed by atoms with van der Waals surface area (Å²) < 4.78 is 20.5. The van der Waals surface area contributed by atoms with E-state index < -0.39 is 18.3 Å². The van der Waals surface area contributed by atoms with E-state index in [9.17, 15) is 28.8 Å². The van der Waals surface area contributed by atoms with Crippen LogP contribution in [0.1, 0.15) is 13.8 Å². The maximum atomic E-state index is 9.96. The number of amides is 4. The van der Waals surface area contributed by atoms with Crippen LogP contribution >= 0.6 is 11.8 Å². The topological polar surface area (TPSA) is 197 Å². The van der Waals surface area contributed by atoms with Gasteiger partial charge in [0.25, 0.3) is 0 Å². The summed E-state index contributed by atoms with van der Waals surface area (Å²) in [5.74, 6) is -0.245. The van der Waals surface area contributed by atoms with Gasteiger partial charge in [-0.05, 0) is 6.26 Å². The first kappa shape index (κ1) is 44.3. The van der Waals surface area contributed by atoms with Gasteiger partial charge in [0.15, 0.2) is 5.12 Å². The molecule has 0 fully saturated rings. The number of alkyl carbamates (subject to hydrolysis) is 2. The van der Waals surface area contributed by atoms with Crippen molar-refractivity contribution in [1.82, 2.24) is 21.3 Å². The molecule has 34 heavy (non-hydrogen) atoms. The van der Waals surface area contributed by atoms with Crippen LogP contribution in [0.25, 0.3) is 0 Å². The Kier molecular flexibility index (Phi) is 52.1. The molecule has 0 aliphatic rings. The second-order valence-electron chi connectivity index (χ2n) is 4.36. The van der Waals surface area contributed by atoms with Crippen molar-refractivity contribution in [3.8, 4) is 0 Å². The van der Waals surface area contributed by atoms with Gasteiger partial charge in [-0.25, -0.2) is 19.2 Å². The van der Waals surface area contributed by atoms with Gasteiger partial charge in [-0.2, -0.15) is 0 Å². The molecular formula is C18H40N4O11S. The van der Waals surface area contributed by atoms with E-state index in [0.717, 1.165) is 0 Å². The molecule has 0 heterocycles. The molecule has 0 atom stereocenters. The smallest absolute Gasteiger partial charge is 0.469 e. The molecule has 204 valence electrons. The van der Waals surface area contributed by atoms with Gasteiger partial charge in [-0.15, -0.1) is 0 Å². The highest BCUT2D eigenvalue weighted by atomic mass is 32.2.